The Morgan fingerprint density at radius 2 is 1.88 bits per heavy atom. The van der Waals surface area contributed by atoms with Crippen molar-refractivity contribution in [3.05, 3.63) is 42.1 Å². The number of carbonyl (C=O) groups is 1. The lowest BCUT2D eigenvalue weighted by molar-refractivity contribution is -0.117. The van der Waals surface area contributed by atoms with Gasteiger partial charge in [0.05, 0.1) is 5.70 Å². The molecule has 0 aliphatic rings. The Morgan fingerprint density at radius 1 is 1.21 bits per heavy atom. The molecule has 0 amide bonds. The molecule has 134 valence electrons. The van der Waals surface area contributed by atoms with Crippen LogP contribution in [0.2, 0.25) is 0 Å². The number of hydrogen-bond donors (Lipinski definition) is 1. The summed E-state index contributed by atoms with van der Waals surface area (Å²) < 4.78 is 5.85. The molecule has 24 heavy (non-hydrogen) atoms. The molecule has 1 N–H and O–H groups in total. The van der Waals surface area contributed by atoms with Crippen LogP contribution in [-0.2, 0) is 9.53 Å². The Hall–Kier alpha value is -1.61. The average Bonchev–Trinajstić information content (AvgIpc) is 2.58. The molecular formula is C21H33NO2. The van der Waals surface area contributed by atoms with Gasteiger partial charge in [-0.1, -0.05) is 64.7 Å². The van der Waals surface area contributed by atoms with Crippen molar-refractivity contribution < 1.29 is 9.53 Å². The summed E-state index contributed by atoms with van der Waals surface area (Å²) in [4.78, 5) is 12.3. The van der Waals surface area contributed by atoms with Crippen molar-refractivity contribution >= 4 is 11.5 Å². The van der Waals surface area contributed by atoms with E-state index in [0.717, 1.165) is 24.2 Å². The standard InChI is InChI=1S/C21H33NO2/c1-6-7-8-12-15-21(4,24-5)20(16-19(23)17(2)3)22-18-13-10-9-11-14-18/h9-11,13-14,16-17,22H,6-8,12,15H2,1-5H3/b20-16-. The smallest absolute Gasteiger partial charge is 0.160 e. The van der Waals surface area contributed by atoms with E-state index in [9.17, 15) is 4.79 Å². The highest BCUT2D eigenvalue weighted by Crippen LogP contribution is 2.29. The number of anilines is 1. The van der Waals surface area contributed by atoms with Gasteiger partial charge in [0.25, 0.3) is 0 Å². The Labute approximate surface area is 147 Å². The van der Waals surface area contributed by atoms with E-state index < -0.39 is 5.60 Å². The van der Waals surface area contributed by atoms with E-state index in [1.807, 2.05) is 44.2 Å². The molecule has 1 aromatic carbocycles. The van der Waals surface area contributed by atoms with Gasteiger partial charge < -0.3 is 10.1 Å². The zero-order chi connectivity index (χ0) is 18.0. The monoisotopic (exact) mass is 331 g/mol. The summed E-state index contributed by atoms with van der Waals surface area (Å²) in [6, 6.07) is 9.95. The summed E-state index contributed by atoms with van der Waals surface area (Å²) in [5.74, 6) is 0.0871. The van der Waals surface area contributed by atoms with Crippen LogP contribution in [0.25, 0.3) is 0 Å². The first-order chi connectivity index (χ1) is 11.4. The molecule has 0 fully saturated rings. The van der Waals surface area contributed by atoms with Crippen molar-refractivity contribution in [3.63, 3.8) is 0 Å². The first kappa shape index (κ1) is 20.4. The predicted molar refractivity (Wildman–Crippen MR) is 102 cm³/mol. The number of ketones is 1. The molecule has 0 spiro atoms. The van der Waals surface area contributed by atoms with Gasteiger partial charge in [0.1, 0.15) is 5.60 Å². The second kappa shape index (κ2) is 10.3. The van der Waals surface area contributed by atoms with E-state index in [1.54, 1.807) is 13.2 Å². The maximum Gasteiger partial charge on any atom is 0.160 e. The minimum atomic E-state index is -0.492. The van der Waals surface area contributed by atoms with Crippen molar-refractivity contribution in [1.82, 2.24) is 0 Å². The maximum atomic E-state index is 12.3. The van der Waals surface area contributed by atoms with E-state index in [1.165, 1.54) is 19.3 Å². The number of unbranched alkanes of at least 4 members (excludes halogenated alkanes) is 3. The lowest BCUT2D eigenvalue weighted by Gasteiger charge is -2.32. The highest BCUT2D eigenvalue weighted by Gasteiger charge is 2.29. The van der Waals surface area contributed by atoms with Crippen molar-refractivity contribution in [2.75, 3.05) is 12.4 Å². The third kappa shape index (κ3) is 6.48. The molecular weight excluding hydrogens is 298 g/mol. The highest BCUT2D eigenvalue weighted by molar-refractivity contribution is 5.92. The molecule has 0 radical (unpaired) electrons. The molecule has 1 unspecified atom stereocenters. The summed E-state index contributed by atoms with van der Waals surface area (Å²) in [5, 5.41) is 3.41. The Morgan fingerprint density at radius 3 is 2.42 bits per heavy atom. The van der Waals surface area contributed by atoms with Crippen LogP contribution < -0.4 is 5.32 Å². The molecule has 3 heteroatoms. The lowest BCUT2D eigenvalue weighted by Crippen LogP contribution is -2.34. The van der Waals surface area contributed by atoms with Gasteiger partial charge in [0.15, 0.2) is 5.78 Å². The maximum absolute atomic E-state index is 12.3. The third-order valence-corrected chi connectivity index (χ3v) is 4.44. The Balaban J connectivity index is 3.01. The number of carbonyl (C=O) groups excluding carboxylic acids is 1. The molecule has 0 aromatic heterocycles. The number of hydrogen-bond acceptors (Lipinski definition) is 3. The molecule has 0 bridgehead atoms. The fraction of sp³-hybridized carbons (Fsp3) is 0.571. The molecule has 1 atom stereocenters. The van der Waals surface area contributed by atoms with Crippen LogP contribution in [0.15, 0.2) is 42.1 Å². The minimum Gasteiger partial charge on any atom is -0.372 e. The first-order valence-electron chi connectivity index (χ1n) is 9.06. The normalized spacial score (nSPS) is 14.5. The van der Waals surface area contributed by atoms with Crippen LogP contribution >= 0.6 is 0 Å². The van der Waals surface area contributed by atoms with Gasteiger partial charge in [0, 0.05) is 24.8 Å². The van der Waals surface area contributed by atoms with Crippen LogP contribution in [0.4, 0.5) is 5.69 Å². The number of rotatable bonds is 11. The van der Waals surface area contributed by atoms with Gasteiger partial charge >= 0.3 is 0 Å². The second-order valence-corrected chi connectivity index (χ2v) is 6.85. The fourth-order valence-electron chi connectivity index (χ4n) is 2.54. The molecule has 0 aliphatic heterocycles. The lowest BCUT2D eigenvalue weighted by atomic mass is 9.91. The molecule has 1 rings (SSSR count). The zero-order valence-electron chi connectivity index (χ0n) is 15.9. The van der Waals surface area contributed by atoms with Crippen molar-refractivity contribution in [3.8, 4) is 0 Å². The van der Waals surface area contributed by atoms with Crippen molar-refractivity contribution in [2.45, 2.75) is 65.4 Å². The number of methoxy groups -OCH3 is 1. The quantitative estimate of drug-likeness (QED) is 0.425. The van der Waals surface area contributed by atoms with Gasteiger partial charge in [-0.25, -0.2) is 0 Å². The van der Waals surface area contributed by atoms with Gasteiger partial charge in [-0.05, 0) is 25.5 Å². The van der Waals surface area contributed by atoms with E-state index in [2.05, 4.69) is 19.2 Å². The number of para-hydroxylation sites is 1. The van der Waals surface area contributed by atoms with Crippen LogP contribution in [0.5, 0.6) is 0 Å². The second-order valence-electron chi connectivity index (χ2n) is 6.85. The van der Waals surface area contributed by atoms with Crippen molar-refractivity contribution in [1.29, 1.82) is 0 Å². The zero-order valence-corrected chi connectivity index (χ0v) is 15.9. The molecule has 3 nitrogen and oxygen atoms in total. The van der Waals surface area contributed by atoms with Gasteiger partial charge in [-0.2, -0.15) is 0 Å². The van der Waals surface area contributed by atoms with Crippen LogP contribution in [0.3, 0.4) is 0 Å². The van der Waals surface area contributed by atoms with Crippen molar-refractivity contribution in [2.24, 2.45) is 5.92 Å². The summed E-state index contributed by atoms with van der Waals surface area (Å²) in [7, 11) is 1.72. The minimum absolute atomic E-state index is 0.0289. The molecule has 0 saturated heterocycles. The average molecular weight is 332 g/mol. The number of allylic oxidation sites excluding steroid dienone is 1. The van der Waals surface area contributed by atoms with Gasteiger partial charge in [-0.3, -0.25) is 4.79 Å². The predicted octanol–water partition coefficient (Wildman–Crippen LogP) is 5.58. The summed E-state index contributed by atoms with van der Waals surface area (Å²) in [5.41, 5.74) is 1.32. The molecule has 0 aliphatic carbocycles. The van der Waals surface area contributed by atoms with Gasteiger partial charge in [-0.15, -0.1) is 0 Å². The fourth-order valence-corrected chi connectivity index (χ4v) is 2.54. The summed E-state index contributed by atoms with van der Waals surface area (Å²) in [6.45, 7) is 8.11. The molecule has 0 saturated carbocycles. The van der Waals surface area contributed by atoms with Crippen LogP contribution in [0.1, 0.15) is 59.8 Å². The summed E-state index contributed by atoms with van der Waals surface area (Å²) in [6.07, 6.45) is 7.33. The van der Waals surface area contributed by atoms with Gasteiger partial charge in [0.2, 0.25) is 0 Å². The molecule has 0 heterocycles. The summed E-state index contributed by atoms with van der Waals surface area (Å²) >= 11 is 0. The topological polar surface area (TPSA) is 38.3 Å². The van der Waals surface area contributed by atoms with Crippen LogP contribution in [-0.4, -0.2) is 18.5 Å². The molecule has 1 aromatic rings. The van der Waals surface area contributed by atoms with Crippen LogP contribution in [0, 0.1) is 5.92 Å². The largest absolute Gasteiger partial charge is 0.372 e. The highest BCUT2D eigenvalue weighted by atomic mass is 16.5. The third-order valence-electron chi connectivity index (χ3n) is 4.44. The number of benzene rings is 1. The Kier molecular flexibility index (Phi) is 8.77. The van der Waals surface area contributed by atoms with E-state index in [4.69, 9.17) is 4.74 Å². The van der Waals surface area contributed by atoms with E-state index >= 15 is 0 Å². The Bertz CT molecular complexity index is 522. The SMILES string of the molecule is CCCCCCC(C)(OC)/C(=C/C(=O)C(C)C)Nc1ccccc1. The number of nitrogens with one attached hydrogen (secondary N) is 1. The number of ether oxygens (including phenoxy) is 1. The first-order valence-corrected chi connectivity index (χ1v) is 9.06. The van der Waals surface area contributed by atoms with E-state index in [-0.39, 0.29) is 11.7 Å². The van der Waals surface area contributed by atoms with E-state index in [0.29, 0.717) is 0 Å².